The maximum Gasteiger partial charge on any atom is 0.220 e. The lowest BCUT2D eigenvalue weighted by Crippen LogP contribution is -2.25. The molecule has 22 heavy (non-hydrogen) atoms. The number of nitrogens with one attached hydrogen (secondary N) is 2. The van der Waals surface area contributed by atoms with Crippen LogP contribution in [0.1, 0.15) is 38.2 Å². The van der Waals surface area contributed by atoms with Crippen LogP contribution in [0.25, 0.3) is 10.9 Å². The molecule has 4 heteroatoms. The molecule has 4 nitrogen and oxygen atoms in total. The number of aromatic amines is 1. The van der Waals surface area contributed by atoms with Crippen LogP contribution in [0.4, 0.5) is 0 Å². The van der Waals surface area contributed by atoms with Gasteiger partial charge in [-0.1, -0.05) is 31.5 Å². The fourth-order valence-corrected chi connectivity index (χ4v) is 2.43. The molecule has 120 valence electrons. The Bertz CT molecular complexity index is 577. The Morgan fingerprint density at radius 3 is 2.91 bits per heavy atom. The minimum atomic E-state index is 0.110. The van der Waals surface area contributed by atoms with Crippen LogP contribution in [-0.4, -0.2) is 30.6 Å². The third-order valence-corrected chi connectivity index (χ3v) is 3.73. The number of rotatable bonds is 10. The standard InChI is InChI=1S/C18H26N2O2/c1-2-3-12-22-13-6-11-19-18(21)10-9-15-14-20-17-8-5-4-7-16(15)17/h4-5,7-8,14,20H,2-3,6,9-13H2,1H3,(H,19,21). The molecule has 0 aliphatic rings. The molecule has 1 amide bonds. The molecule has 0 fully saturated rings. The second-order valence-corrected chi connectivity index (χ2v) is 5.53. The Labute approximate surface area is 132 Å². The van der Waals surface area contributed by atoms with Gasteiger partial charge in [-0.05, 0) is 30.9 Å². The summed E-state index contributed by atoms with van der Waals surface area (Å²) in [5.74, 6) is 0.110. The number of fused-ring (bicyclic) bond motifs is 1. The number of amides is 1. The van der Waals surface area contributed by atoms with Crippen molar-refractivity contribution in [3.8, 4) is 0 Å². The van der Waals surface area contributed by atoms with Crippen LogP contribution in [0.3, 0.4) is 0 Å². The van der Waals surface area contributed by atoms with E-state index in [1.807, 2.05) is 18.3 Å². The highest BCUT2D eigenvalue weighted by molar-refractivity contribution is 5.84. The molecule has 2 N–H and O–H groups in total. The summed E-state index contributed by atoms with van der Waals surface area (Å²) in [5.41, 5.74) is 2.33. The number of benzene rings is 1. The summed E-state index contributed by atoms with van der Waals surface area (Å²) < 4.78 is 5.47. The topological polar surface area (TPSA) is 54.1 Å². The number of ether oxygens (including phenoxy) is 1. The smallest absolute Gasteiger partial charge is 0.220 e. The van der Waals surface area contributed by atoms with Gasteiger partial charge in [0.25, 0.3) is 0 Å². The van der Waals surface area contributed by atoms with Crippen LogP contribution >= 0.6 is 0 Å². The summed E-state index contributed by atoms with van der Waals surface area (Å²) in [5, 5.41) is 4.16. The first-order valence-electron chi connectivity index (χ1n) is 8.20. The summed E-state index contributed by atoms with van der Waals surface area (Å²) in [7, 11) is 0. The number of unbranched alkanes of at least 4 members (excludes halogenated alkanes) is 1. The van der Waals surface area contributed by atoms with Gasteiger partial charge in [0.15, 0.2) is 0 Å². The van der Waals surface area contributed by atoms with Gasteiger partial charge in [-0.15, -0.1) is 0 Å². The minimum absolute atomic E-state index is 0.110. The van der Waals surface area contributed by atoms with E-state index in [1.54, 1.807) is 0 Å². The van der Waals surface area contributed by atoms with Crippen molar-refractivity contribution in [2.75, 3.05) is 19.8 Å². The lowest BCUT2D eigenvalue weighted by Gasteiger charge is -2.06. The molecule has 0 saturated carbocycles. The van der Waals surface area contributed by atoms with Crippen LogP contribution in [0, 0.1) is 0 Å². The Hall–Kier alpha value is -1.81. The van der Waals surface area contributed by atoms with Gasteiger partial charge in [0.05, 0.1) is 0 Å². The molecule has 1 aromatic heterocycles. The predicted molar refractivity (Wildman–Crippen MR) is 90.0 cm³/mol. The Morgan fingerprint density at radius 1 is 1.23 bits per heavy atom. The Balaban J connectivity index is 1.62. The number of aromatic nitrogens is 1. The maximum absolute atomic E-state index is 11.8. The number of H-pyrrole nitrogens is 1. The van der Waals surface area contributed by atoms with Crippen LogP contribution < -0.4 is 5.32 Å². The molecule has 1 heterocycles. The average Bonchev–Trinajstić information content (AvgIpc) is 2.95. The lowest BCUT2D eigenvalue weighted by molar-refractivity contribution is -0.121. The van der Waals surface area contributed by atoms with Gasteiger partial charge in [0.2, 0.25) is 5.91 Å². The van der Waals surface area contributed by atoms with E-state index < -0.39 is 0 Å². The van der Waals surface area contributed by atoms with Gasteiger partial charge in [-0.3, -0.25) is 4.79 Å². The van der Waals surface area contributed by atoms with Crippen LogP contribution in [0.15, 0.2) is 30.5 Å². The van der Waals surface area contributed by atoms with Gasteiger partial charge in [0, 0.05) is 43.3 Å². The summed E-state index contributed by atoms with van der Waals surface area (Å²) in [4.78, 5) is 15.1. The van der Waals surface area contributed by atoms with Crippen molar-refractivity contribution in [1.82, 2.24) is 10.3 Å². The van der Waals surface area contributed by atoms with Crippen molar-refractivity contribution in [3.63, 3.8) is 0 Å². The maximum atomic E-state index is 11.8. The highest BCUT2D eigenvalue weighted by atomic mass is 16.5. The molecule has 1 aromatic carbocycles. The first-order valence-corrected chi connectivity index (χ1v) is 8.20. The predicted octanol–water partition coefficient (Wildman–Crippen LogP) is 3.42. The zero-order chi connectivity index (χ0) is 15.6. The molecular weight excluding hydrogens is 276 g/mol. The van der Waals surface area contributed by atoms with Crippen molar-refractivity contribution in [1.29, 1.82) is 0 Å². The highest BCUT2D eigenvalue weighted by Crippen LogP contribution is 2.18. The molecule has 2 aromatic rings. The molecule has 0 aliphatic heterocycles. The normalized spacial score (nSPS) is 11.0. The molecule has 0 aliphatic carbocycles. The third kappa shape index (κ3) is 5.19. The fraction of sp³-hybridized carbons (Fsp3) is 0.500. The molecule has 0 saturated heterocycles. The van der Waals surface area contributed by atoms with Crippen LogP contribution in [0.2, 0.25) is 0 Å². The molecule has 0 bridgehead atoms. The molecule has 0 atom stereocenters. The number of aryl methyl sites for hydroxylation is 1. The van der Waals surface area contributed by atoms with Gasteiger partial charge >= 0.3 is 0 Å². The SMILES string of the molecule is CCCCOCCCNC(=O)CCc1c[nH]c2ccccc12. The van der Waals surface area contributed by atoms with Crippen molar-refractivity contribution in [2.24, 2.45) is 0 Å². The molecular formula is C18H26N2O2. The Morgan fingerprint density at radius 2 is 2.05 bits per heavy atom. The van der Waals surface area contributed by atoms with E-state index in [-0.39, 0.29) is 5.91 Å². The van der Waals surface area contributed by atoms with Gasteiger partial charge < -0.3 is 15.0 Å². The number of carbonyl (C=O) groups is 1. The number of hydrogen-bond acceptors (Lipinski definition) is 2. The van der Waals surface area contributed by atoms with Crippen molar-refractivity contribution in [2.45, 2.75) is 39.0 Å². The summed E-state index contributed by atoms with van der Waals surface area (Å²) >= 11 is 0. The molecule has 0 unspecified atom stereocenters. The highest BCUT2D eigenvalue weighted by Gasteiger charge is 2.06. The Kier molecular flexibility index (Phi) is 6.97. The molecule has 0 spiro atoms. The zero-order valence-electron chi connectivity index (χ0n) is 13.4. The first-order chi connectivity index (χ1) is 10.8. The molecule has 2 rings (SSSR count). The minimum Gasteiger partial charge on any atom is -0.381 e. The quantitative estimate of drug-likeness (QED) is 0.661. The van der Waals surface area contributed by atoms with E-state index in [0.29, 0.717) is 13.0 Å². The number of hydrogen-bond donors (Lipinski definition) is 2. The summed E-state index contributed by atoms with van der Waals surface area (Å²) in [6, 6.07) is 8.18. The monoisotopic (exact) mass is 302 g/mol. The van der Waals surface area contributed by atoms with Crippen LogP contribution in [-0.2, 0) is 16.0 Å². The van der Waals surface area contributed by atoms with Crippen LogP contribution in [0.5, 0.6) is 0 Å². The van der Waals surface area contributed by atoms with Gasteiger partial charge in [-0.2, -0.15) is 0 Å². The van der Waals surface area contributed by atoms with E-state index in [1.165, 1.54) is 10.9 Å². The van der Waals surface area contributed by atoms with Crippen molar-refractivity contribution < 1.29 is 9.53 Å². The van der Waals surface area contributed by atoms with Crippen molar-refractivity contribution >= 4 is 16.8 Å². The summed E-state index contributed by atoms with van der Waals surface area (Å²) in [6.07, 6.45) is 6.44. The van der Waals surface area contributed by atoms with E-state index in [4.69, 9.17) is 4.74 Å². The van der Waals surface area contributed by atoms with Gasteiger partial charge in [0.1, 0.15) is 0 Å². The third-order valence-electron chi connectivity index (χ3n) is 3.73. The first kappa shape index (κ1) is 16.6. The van der Waals surface area contributed by atoms with E-state index in [9.17, 15) is 4.79 Å². The van der Waals surface area contributed by atoms with E-state index >= 15 is 0 Å². The second-order valence-electron chi connectivity index (χ2n) is 5.53. The largest absolute Gasteiger partial charge is 0.381 e. The van der Waals surface area contributed by atoms with E-state index in [0.717, 1.165) is 44.4 Å². The second kappa shape index (κ2) is 9.26. The summed E-state index contributed by atoms with van der Waals surface area (Å²) in [6.45, 7) is 4.39. The van der Waals surface area contributed by atoms with Gasteiger partial charge in [-0.25, -0.2) is 0 Å². The average molecular weight is 302 g/mol. The van der Waals surface area contributed by atoms with E-state index in [2.05, 4.69) is 29.4 Å². The number of carbonyl (C=O) groups excluding carboxylic acids is 1. The van der Waals surface area contributed by atoms with Crippen molar-refractivity contribution in [3.05, 3.63) is 36.0 Å². The fourth-order valence-electron chi connectivity index (χ4n) is 2.43. The number of para-hydroxylation sites is 1. The lowest BCUT2D eigenvalue weighted by atomic mass is 10.1. The molecule has 0 radical (unpaired) electrons. The zero-order valence-corrected chi connectivity index (χ0v) is 13.4.